The van der Waals surface area contributed by atoms with Gasteiger partial charge in [0.2, 0.25) is 0 Å². The number of para-hydroxylation sites is 1. The Hall–Kier alpha value is -2.70. The van der Waals surface area contributed by atoms with Crippen LogP contribution in [0.2, 0.25) is 0 Å². The van der Waals surface area contributed by atoms with Crippen LogP contribution in [0.4, 0.5) is 10.1 Å². The summed E-state index contributed by atoms with van der Waals surface area (Å²) in [6.07, 6.45) is 1.34. The van der Waals surface area contributed by atoms with Crippen molar-refractivity contribution in [1.29, 1.82) is 5.26 Å². The number of rotatable bonds is 6. The highest BCUT2D eigenvalue weighted by atomic mass is 79.9. The van der Waals surface area contributed by atoms with Crippen LogP contribution in [0.1, 0.15) is 5.56 Å². The molecule has 0 bridgehead atoms. The SMILES string of the molecule is COC(=O)COc1c(Br)cc(/C=C(/C#N)C(=O)Nc2ccccc2F)cc1Br. The first-order chi connectivity index (χ1) is 13.3. The second-order valence-corrected chi connectivity index (χ2v) is 6.99. The summed E-state index contributed by atoms with van der Waals surface area (Å²) in [4.78, 5) is 23.5. The summed E-state index contributed by atoms with van der Waals surface area (Å²) in [6, 6.07) is 10.6. The van der Waals surface area contributed by atoms with Crippen molar-refractivity contribution in [3.05, 3.63) is 62.3 Å². The van der Waals surface area contributed by atoms with Gasteiger partial charge >= 0.3 is 5.97 Å². The van der Waals surface area contributed by atoms with Gasteiger partial charge in [-0.2, -0.15) is 5.26 Å². The number of carbonyl (C=O) groups excluding carboxylic acids is 2. The third kappa shape index (κ3) is 5.65. The molecule has 0 saturated carbocycles. The molecule has 2 aromatic rings. The molecule has 144 valence electrons. The number of carbonyl (C=O) groups is 2. The van der Waals surface area contributed by atoms with Crippen LogP contribution in [0.15, 0.2) is 50.9 Å². The Kier molecular flexibility index (Phi) is 7.72. The zero-order valence-corrected chi connectivity index (χ0v) is 17.6. The van der Waals surface area contributed by atoms with Gasteiger partial charge in [0.15, 0.2) is 6.61 Å². The van der Waals surface area contributed by atoms with Gasteiger partial charge in [-0.05, 0) is 67.8 Å². The number of methoxy groups -OCH3 is 1. The van der Waals surface area contributed by atoms with Gasteiger partial charge in [-0.3, -0.25) is 4.79 Å². The minimum absolute atomic E-state index is 0.0254. The van der Waals surface area contributed by atoms with Gasteiger partial charge in [-0.1, -0.05) is 12.1 Å². The van der Waals surface area contributed by atoms with Gasteiger partial charge in [0.05, 0.1) is 21.7 Å². The maximum atomic E-state index is 13.7. The van der Waals surface area contributed by atoms with Crippen molar-refractivity contribution in [2.24, 2.45) is 0 Å². The molecule has 28 heavy (non-hydrogen) atoms. The molecule has 0 aliphatic rings. The van der Waals surface area contributed by atoms with E-state index in [9.17, 15) is 19.2 Å². The average molecular weight is 512 g/mol. The molecular weight excluding hydrogens is 499 g/mol. The van der Waals surface area contributed by atoms with E-state index in [1.807, 2.05) is 0 Å². The van der Waals surface area contributed by atoms with E-state index in [1.54, 1.807) is 24.3 Å². The number of ether oxygens (including phenoxy) is 2. The highest BCUT2D eigenvalue weighted by molar-refractivity contribution is 9.11. The summed E-state index contributed by atoms with van der Waals surface area (Å²) in [5.74, 6) is -1.53. The Labute approximate surface area is 177 Å². The zero-order chi connectivity index (χ0) is 20.7. The molecule has 1 amide bonds. The van der Waals surface area contributed by atoms with Crippen LogP contribution in [0, 0.1) is 17.1 Å². The van der Waals surface area contributed by atoms with Crippen molar-refractivity contribution in [3.8, 4) is 11.8 Å². The van der Waals surface area contributed by atoms with E-state index in [2.05, 4.69) is 41.9 Å². The highest BCUT2D eigenvalue weighted by Gasteiger charge is 2.14. The zero-order valence-electron chi connectivity index (χ0n) is 14.5. The lowest BCUT2D eigenvalue weighted by atomic mass is 10.1. The Morgan fingerprint density at radius 3 is 2.46 bits per heavy atom. The van der Waals surface area contributed by atoms with Crippen LogP contribution in [0.25, 0.3) is 6.08 Å². The molecule has 0 unspecified atom stereocenters. The van der Waals surface area contributed by atoms with Crippen LogP contribution in [0.3, 0.4) is 0 Å². The first-order valence-electron chi connectivity index (χ1n) is 7.72. The third-order valence-electron chi connectivity index (χ3n) is 3.38. The topological polar surface area (TPSA) is 88.4 Å². The predicted octanol–water partition coefficient (Wildman–Crippen LogP) is 4.45. The van der Waals surface area contributed by atoms with Gasteiger partial charge in [-0.15, -0.1) is 0 Å². The number of anilines is 1. The van der Waals surface area contributed by atoms with Crippen LogP contribution in [-0.4, -0.2) is 25.6 Å². The lowest BCUT2D eigenvalue weighted by Crippen LogP contribution is -2.14. The van der Waals surface area contributed by atoms with Crippen LogP contribution < -0.4 is 10.1 Å². The van der Waals surface area contributed by atoms with Gasteiger partial charge in [0, 0.05) is 0 Å². The van der Waals surface area contributed by atoms with Crippen LogP contribution in [0.5, 0.6) is 5.75 Å². The fraction of sp³-hybridized carbons (Fsp3) is 0.105. The molecule has 0 atom stereocenters. The lowest BCUT2D eigenvalue weighted by molar-refractivity contribution is -0.142. The van der Waals surface area contributed by atoms with E-state index in [0.29, 0.717) is 20.3 Å². The highest BCUT2D eigenvalue weighted by Crippen LogP contribution is 2.35. The largest absolute Gasteiger partial charge is 0.480 e. The molecule has 0 fully saturated rings. The van der Waals surface area contributed by atoms with E-state index in [4.69, 9.17) is 4.74 Å². The quantitative estimate of drug-likeness (QED) is 0.351. The van der Waals surface area contributed by atoms with Crippen molar-refractivity contribution in [2.45, 2.75) is 0 Å². The van der Waals surface area contributed by atoms with Gasteiger partial charge < -0.3 is 14.8 Å². The molecule has 1 N–H and O–H groups in total. The molecule has 0 aliphatic heterocycles. The molecule has 0 saturated heterocycles. The Morgan fingerprint density at radius 1 is 1.25 bits per heavy atom. The van der Waals surface area contributed by atoms with E-state index in [1.165, 1.54) is 31.4 Å². The fourth-order valence-electron chi connectivity index (χ4n) is 2.06. The average Bonchev–Trinajstić information content (AvgIpc) is 2.66. The van der Waals surface area contributed by atoms with E-state index in [0.717, 1.165) is 0 Å². The number of hydrogen-bond donors (Lipinski definition) is 1. The summed E-state index contributed by atoms with van der Waals surface area (Å²) >= 11 is 6.63. The first-order valence-corrected chi connectivity index (χ1v) is 9.30. The van der Waals surface area contributed by atoms with Gasteiger partial charge in [0.1, 0.15) is 23.2 Å². The molecule has 0 heterocycles. The summed E-state index contributed by atoms with van der Waals surface area (Å²) in [7, 11) is 1.25. The number of nitrogens with one attached hydrogen (secondary N) is 1. The Bertz CT molecular complexity index is 963. The van der Waals surface area contributed by atoms with Crippen molar-refractivity contribution < 1.29 is 23.5 Å². The minimum atomic E-state index is -0.745. The normalized spacial score (nSPS) is 10.8. The summed E-state index contributed by atoms with van der Waals surface area (Å²) in [6.45, 7) is -0.280. The smallest absolute Gasteiger partial charge is 0.343 e. The predicted molar refractivity (Wildman–Crippen MR) is 108 cm³/mol. The standard InChI is InChI=1S/C19H13Br2FN2O4/c1-27-17(25)10-28-18-13(20)7-11(8-14(18)21)6-12(9-23)19(26)24-16-5-3-2-4-15(16)22/h2-8H,10H2,1H3,(H,24,26)/b12-6-. The number of nitrogens with zero attached hydrogens (tertiary/aromatic N) is 1. The minimum Gasteiger partial charge on any atom is -0.480 e. The Morgan fingerprint density at radius 2 is 1.89 bits per heavy atom. The number of esters is 1. The number of halogens is 3. The number of amides is 1. The number of benzene rings is 2. The molecule has 2 rings (SSSR count). The fourth-order valence-corrected chi connectivity index (χ4v) is 3.51. The lowest BCUT2D eigenvalue weighted by Gasteiger charge is -2.10. The third-order valence-corrected chi connectivity index (χ3v) is 4.56. The van der Waals surface area contributed by atoms with Crippen LogP contribution >= 0.6 is 31.9 Å². The maximum Gasteiger partial charge on any atom is 0.343 e. The molecule has 0 aliphatic carbocycles. The maximum absolute atomic E-state index is 13.7. The van der Waals surface area contributed by atoms with Crippen molar-refractivity contribution in [2.75, 3.05) is 19.0 Å². The molecule has 2 aromatic carbocycles. The van der Waals surface area contributed by atoms with E-state index < -0.39 is 17.7 Å². The second-order valence-electron chi connectivity index (χ2n) is 5.28. The molecular formula is C19H13Br2FN2O4. The molecule has 0 aromatic heterocycles. The first kappa shape index (κ1) is 21.6. The molecule has 9 heteroatoms. The second kappa shape index (κ2) is 10.0. The molecule has 0 spiro atoms. The van der Waals surface area contributed by atoms with Gasteiger partial charge in [-0.25, -0.2) is 9.18 Å². The number of hydrogen-bond acceptors (Lipinski definition) is 5. The van der Waals surface area contributed by atoms with Crippen LogP contribution in [-0.2, 0) is 14.3 Å². The van der Waals surface area contributed by atoms with Crippen molar-refractivity contribution >= 4 is 55.5 Å². The molecule has 6 nitrogen and oxygen atoms in total. The summed E-state index contributed by atoms with van der Waals surface area (Å²) < 4.78 is 24.5. The molecule has 0 radical (unpaired) electrons. The van der Waals surface area contributed by atoms with Gasteiger partial charge in [0.25, 0.3) is 5.91 Å². The summed E-state index contributed by atoms with van der Waals surface area (Å²) in [5.41, 5.74) is 0.261. The number of nitriles is 1. The van der Waals surface area contributed by atoms with E-state index >= 15 is 0 Å². The van der Waals surface area contributed by atoms with E-state index in [-0.39, 0.29) is 17.9 Å². The monoisotopic (exact) mass is 510 g/mol. The van der Waals surface area contributed by atoms with Crippen molar-refractivity contribution in [3.63, 3.8) is 0 Å². The summed E-state index contributed by atoms with van der Waals surface area (Å²) in [5, 5.41) is 11.7. The Balaban J connectivity index is 2.24. The van der Waals surface area contributed by atoms with Crippen molar-refractivity contribution in [1.82, 2.24) is 0 Å².